The van der Waals surface area contributed by atoms with Crippen molar-refractivity contribution in [1.82, 2.24) is 19.9 Å². The zero-order chi connectivity index (χ0) is 21.0. The molecule has 4 N–H and O–H groups in total. The number of anilines is 2. The largest absolute Gasteiger partial charge is 0.369 e. The molecule has 0 bridgehead atoms. The maximum Gasteiger partial charge on any atom is 0.221 e. The van der Waals surface area contributed by atoms with E-state index in [1.54, 1.807) is 6.20 Å². The number of fused-ring (bicyclic) bond motifs is 1. The Bertz CT molecular complexity index is 1220. The van der Waals surface area contributed by atoms with E-state index in [0.717, 1.165) is 60.7 Å². The number of aliphatic imine (C=N–C) groups is 1. The van der Waals surface area contributed by atoms with Crippen molar-refractivity contribution in [2.75, 3.05) is 37.4 Å². The highest BCUT2D eigenvalue weighted by molar-refractivity contribution is 5.96. The van der Waals surface area contributed by atoms with Gasteiger partial charge >= 0.3 is 0 Å². The molecule has 5 rings (SSSR count). The lowest BCUT2D eigenvalue weighted by Gasteiger charge is -2.15. The molecule has 1 aliphatic heterocycles. The Labute approximate surface area is 181 Å². The Kier molecular flexibility index (Phi) is 5.33. The molecule has 0 saturated heterocycles. The third-order valence-electron chi connectivity index (χ3n) is 5.58. The Morgan fingerprint density at radius 1 is 1.06 bits per heavy atom. The Hall–Kier alpha value is -3.71. The Balaban J connectivity index is 1.39. The van der Waals surface area contributed by atoms with Crippen molar-refractivity contribution in [2.24, 2.45) is 4.99 Å². The van der Waals surface area contributed by atoms with Gasteiger partial charge in [-0.1, -0.05) is 36.4 Å². The summed E-state index contributed by atoms with van der Waals surface area (Å²) in [6.45, 7) is 3.54. The van der Waals surface area contributed by atoms with Crippen LogP contribution in [0.3, 0.4) is 0 Å². The summed E-state index contributed by atoms with van der Waals surface area (Å²) < 4.78 is 0. The third kappa shape index (κ3) is 4.13. The first-order valence-electron chi connectivity index (χ1n) is 10.5. The van der Waals surface area contributed by atoms with Gasteiger partial charge in [0, 0.05) is 60.3 Å². The van der Waals surface area contributed by atoms with Gasteiger partial charge in [0.2, 0.25) is 5.95 Å². The van der Waals surface area contributed by atoms with E-state index in [-0.39, 0.29) is 5.95 Å². The first-order chi connectivity index (χ1) is 15.3. The van der Waals surface area contributed by atoms with Crippen LogP contribution in [0.25, 0.3) is 33.2 Å². The van der Waals surface area contributed by atoms with Gasteiger partial charge in [-0.3, -0.25) is 9.89 Å². The molecule has 0 fully saturated rings. The van der Waals surface area contributed by atoms with Crippen LogP contribution in [0.4, 0.5) is 11.8 Å². The van der Waals surface area contributed by atoms with Crippen LogP contribution in [-0.4, -0.2) is 52.4 Å². The van der Waals surface area contributed by atoms with Crippen molar-refractivity contribution in [1.29, 1.82) is 0 Å². The molecular weight excluding hydrogens is 386 g/mol. The maximum atomic E-state index is 5.89. The van der Waals surface area contributed by atoms with Crippen LogP contribution in [0.1, 0.15) is 6.42 Å². The van der Waals surface area contributed by atoms with Crippen molar-refractivity contribution in [3.8, 4) is 22.3 Å². The van der Waals surface area contributed by atoms with Crippen LogP contribution in [0, 0.1) is 0 Å². The molecule has 156 valence electrons. The zero-order valence-electron chi connectivity index (χ0n) is 17.3. The molecule has 2 aromatic carbocycles. The van der Waals surface area contributed by atoms with E-state index in [0.29, 0.717) is 0 Å². The van der Waals surface area contributed by atoms with Gasteiger partial charge < -0.3 is 16.0 Å². The highest BCUT2D eigenvalue weighted by atomic mass is 15.2. The molecule has 0 amide bonds. The standard InChI is InChI=1S/C24H25N7/c25-24-29-15-21(23(30-24)27-9-4-11-31-12-10-26-16-31)18-6-3-5-17(13-18)20-14-28-22-8-2-1-7-19(20)22/h1-3,5-8,10,13-15,28H,4,9,11-12,16H2,(H3,25,27,29,30). The molecule has 0 atom stereocenters. The number of nitrogen functional groups attached to an aromatic ring is 1. The summed E-state index contributed by atoms with van der Waals surface area (Å²) in [4.78, 5) is 18.6. The van der Waals surface area contributed by atoms with Crippen molar-refractivity contribution in [3.63, 3.8) is 0 Å². The number of aromatic nitrogens is 3. The van der Waals surface area contributed by atoms with Crippen LogP contribution in [0.2, 0.25) is 0 Å². The summed E-state index contributed by atoms with van der Waals surface area (Å²) >= 11 is 0. The van der Waals surface area contributed by atoms with Crippen molar-refractivity contribution < 1.29 is 0 Å². The molecule has 1 aliphatic rings. The van der Waals surface area contributed by atoms with Crippen LogP contribution in [0.5, 0.6) is 0 Å². The summed E-state index contributed by atoms with van der Waals surface area (Å²) in [5, 5.41) is 4.66. The zero-order valence-corrected chi connectivity index (χ0v) is 17.3. The number of rotatable bonds is 7. The molecule has 0 radical (unpaired) electrons. The van der Waals surface area contributed by atoms with E-state index < -0.39 is 0 Å². The molecule has 2 aromatic heterocycles. The van der Waals surface area contributed by atoms with Crippen LogP contribution in [-0.2, 0) is 0 Å². The molecule has 7 nitrogen and oxygen atoms in total. The van der Waals surface area contributed by atoms with Gasteiger partial charge in [0.25, 0.3) is 0 Å². The predicted molar refractivity (Wildman–Crippen MR) is 127 cm³/mol. The molecule has 4 aromatic rings. The fraction of sp³-hybridized carbons (Fsp3) is 0.208. The van der Waals surface area contributed by atoms with Crippen LogP contribution in [0.15, 0.2) is 65.9 Å². The Morgan fingerprint density at radius 2 is 1.94 bits per heavy atom. The summed E-state index contributed by atoms with van der Waals surface area (Å²) in [5.41, 5.74) is 11.3. The minimum atomic E-state index is 0.270. The number of hydrogen-bond donors (Lipinski definition) is 3. The number of aromatic amines is 1. The first-order valence-corrected chi connectivity index (χ1v) is 10.5. The van der Waals surface area contributed by atoms with Crippen molar-refractivity contribution >= 4 is 28.9 Å². The molecule has 7 heteroatoms. The normalized spacial score (nSPS) is 13.8. The average Bonchev–Trinajstić information content (AvgIpc) is 3.47. The second-order valence-corrected chi connectivity index (χ2v) is 7.68. The summed E-state index contributed by atoms with van der Waals surface area (Å²) in [6.07, 6.45) is 6.83. The van der Waals surface area contributed by atoms with Gasteiger partial charge in [-0.2, -0.15) is 4.98 Å². The average molecular weight is 412 g/mol. The number of hydrogen-bond acceptors (Lipinski definition) is 6. The van der Waals surface area contributed by atoms with E-state index in [1.807, 2.05) is 12.3 Å². The fourth-order valence-corrected chi connectivity index (χ4v) is 3.98. The number of H-pyrrole nitrogens is 1. The summed E-state index contributed by atoms with van der Waals surface area (Å²) in [7, 11) is 0. The van der Waals surface area contributed by atoms with Gasteiger partial charge in [0.15, 0.2) is 0 Å². The van der Waals surface area contributed by atoms with Crippen molar-refractivity contribution in [2.45, 2.75) is 6.42 Å². The second-order valence-electron chi connectivity index (χ2n) is 7.68. The van der Waals surface area contributed by atoms with E-state index in [2.05, 4.69) is 78.8 Å². The van der Waals surface area contributed by atoms with Crippen LogP contribution < -0.4 is 11.1 Å². The SMILES string of the molecule is Nc1ncc(-c2cccc(-c3c[nH]c4ccccc34)c2)c(NCCCN2CC=NC2)n1. The first kappa shape index (κ1) is 19.3. The van der Waals surface area contributed by atoms with Gasteiger partial charge in [-0.25, -0.2) is 4.98 Å². The Morgan fingerprint density at radius 3 is 2.81 bits per heavy atom. The number of benzene rings is 2. The molecule has 0 spiro atoms. The summed E-state index contributed by atoms with van der Waals surface area (Å²) in [6, 6.07) is 16.8. The van der Waals surface area contributed by atoms with E-state index in [1.165, 1.54) is 10.9 Å². The van der Waals surface area contributed by atoms with Gasteiger partial charge in [-0.05, 0) is 29.7 Å². The lowest BCUT2D eigenvalue weighted by atomic mass is 9.99. The van der Waals surface area contributed by atoms with E-state index in [9.17, 15) is 0 Å². The number of nitrogens with zero attached hydrogens (tertiary/aromatic N) is 4. The molecule has 0 saturated carbocycles. The quantitative estimate of drug-likeness (QED) is 0.399. The number of nitrogens with one attached hydrogen (secondary N) is 2. The predicted octanol–water partition coefficient (Wildman–Crippen LogP) is 4.02. The lowest BCUT2D eigenvalue weighted by molar-refractivity contribution is 0.341. The molecule has 31 heavy (non-hydrogen) atoms. The van der Waals surface area contributed by atoms with Crippen LogP contribution >= 0.6 is 0 Å². The smallest absolute Gasteiger partial charge is 0.221 e. The van der Waals surface area contributed by atoms with Gasteiger partial charge in [0.1, 0.15) is 5.82 Å². The second kappa shape index (κ2) is 8.57. The van der Waals surface area contributed by atoms with Crippen molar-refractivity contribution in [3.05, 3.63) is 60.9 Å². The highest BCUT2D eigenvalue weighted by Gasteiger charge is 2.12. The van der Waals surface area contributed by atoms with E-state index in [4.69, 9.17) is 5.73 Å². The summed E-state index contributed by atoms with van der Waals surface area (Å²) in [5.74, 6) is 1.04. The van der Waals surface area contributed by atoms with Gasteiger partial charge in [0.05, 0.1) is 6.67 Å². The molecular formula is C24H25N7. The minimum Gasteiger partial charge on any atom is -0.369 e. The van der Waals surface area contributed by atoms with Gasteiger partial charge in [-0.15, -0.1) is 0 Å². The topological polar surface area (TPSA) is 95.2 Å². The highest BCUT2D eigenvalue weighted by Crippen LogP contribution is 2.33. The van der Waals surface area contributed by atoms with E-state index >= 15 is 0 Å². The monoisotopic (exact) mass is 411 g/mol. The number of nitrogens with two attached hydrogens (primary N) is 1. The molecule has 3 heterocycles. The fourth-order valence-electron chi connectivity index (χ4n) is 3.98. The minimum absolute atomic E-state index is 0.270. The molecule has 0 unspecified atom stereocenters. The molecule has 0 aliphatic carbocycles. The maximum absolute atomic E-state index is 5.89. The lowest BCUT2D eigenvalue weighted by Crippen LogP contribution is -2.23. The third-order valence-corrected chi connectivity index (χ3v) is 5.58. The number of para-hydroxylation sites is 1.